The Labute approximate surface area is 170 Å². The number of aryl methyl sites for hydroxylation is 1. The van der Waals surface area contributed by atoms with E-state index < -0.39 is 0 Å². The van der Waals surface area contributed by atoms with Crippen LogP contribution < -0.4 is 21.2 Å². The molecule has 2 aliphatic heterocycles. The van der Waals surface area contributed by atoms with E-state index in [-0.39, 0.29) is 0 Å². The highest BCUT2D eigenvalue weighted by Gasteiger charge is 2.37. The second-order valence-corrected chi connectivity index (χ2v) is 8.16. The van der Waals surface area contributed by atoms with Crippen LogP contribution in [0.4, 0.5) is 0 Å². The fourth-order valence-corrected chi connectivity index (χ4v) is 4.98. The van der Waals surface area contributed by atoms with Gasteiger partial charge in [-0.1, -0.05) is 32.2 Å². The largest absolute Gasteiger partial charge is 0.340 e. The number of hydrogen-bond acceptors (Lipinski definition) is 2. The van der Waals surface area contributed by atoms with Crippen molar-refractivity contribution in [2.75, 3.05) is 33.2 Å². The number of likely N-dealkylation sites (tertiary alicyclic amines) is 1. The summed E-state index contributed by atoms with van der Waals surface area (Å²) >= 11 is 0. The Morgan fingerprint density at radius 2 is 1.86 bits per heavy atom. The van der Waals surface area contributed by atoms with Crippen molar-refractivity contribution in [2.45, 2.75) is 13.3 Å². The van der Waals surface area contributed by atoms with Gasteiger partial charge in [-0.05, 0) is 35.6 Å². The molecule has 5 rings (SSSR count). The highest BCUT2D eigenvalue weighted by atomic mass is 15.3. The molecule has 0 saturated carbocycles. The molecule has 0 radical (unpaired) electrons. The van der Waals surface area contributed by atoms with Crippen LogP contribution in [-0.4, -0.2) is 53.5 Å². The summed E-state index contributed by atoms with van der Waals surface area (Å²) in [5.74, 6) is 2.16. The number of benzene rings is 1. The Bertz CT molecular complexity index is 1280. The zero-order valence-electron chi connectivity index (χ0n) is 17.2. The maximum absolute atomic E-state index is 5.07. The molecule has 4 heterocycles. The molecular formula is C23H28N6. The van der Waals surface area contributed by atoms with Gasteiger partial charge in [-0.25, -0.2) is 0 Å². The van der Waals surface area contributed by atoms with Crippen molar-refractivity contribution in [1.29, 1.82) is 0 Å². The Morgan fingerprint density at radius 3 is 2.55 bits per heavy atom. The summed E-state index contributed by atoms with van der Waals surface area (Å²) in [6.45, 7) is 15.0. The minimum atomic E-state index is 0.688. The summed E-state index contributed by atoms with van der Waals surface area (Å²) in [5, 5.41) is 5.32. The molecule has 2 unspecified atom stereocenters. The highest BCUT2D eigenvalue weighted by Crippen LogP contribution is 2.26. The molecule has 2 aromatic heterocycles. The van der Waals surface area contributed by atoms with E-state index in [1.54, 1.807) is 0 Å². The van der Waals surface area contributed by atoms with Crippen molar-refractivity contribution in [3.05, 3.63) is 45.8 Å². The van der Waals surface area contributed by atoms with E-state index in [0.717, 1.165) is 71.2 Å². The third-order valence-electron chi connectivity index (χ3n) is 6.55. The molecule has 2 atom stereocenters. The fourth-order valence-electron chi connectivity index (χ4n) is 4.98. The quantitative estimate of drug-likeness (QED) is 0.479. The maximum Gasteiger partial charge on any atom is 0.222 e. The van der Waals surface area contributed by atoms with E-state index >= 15 is 0 Å². The lowest BCUT2D eigenvalue weighted by molar-refractivity contribution is 0.461. The van der Waals surface area contributed by atoms with E-state index in [9.17, 15) is 0 Å². The van der Waals surface area contributed by atoms with E-state index in [0.29, 0.717) is 11.8 Å². The number of nitrogens with one attached hydrogen (secondary N) is 2. The number of guanidine groups is 1. The van der Waals surface area contributed by atoms with Crippen molar-refractivity contribution in [1.82, 2.24) is 19.6 Å². The molecule has 2 aliphatic rings. The monoisotopic (exact) mass is 388 g/mol. The molecule has 29 heavy (non-hydrogen) atoms. The van der Waals surface area contributed by atoms with Gasteiger partial charge in [-0.2, -0.15) is 4.99 Å². The topological polar surface area (TPSA) is 60.2 Å². The van der Waals surface area contributed by atoms with Crippen LogP contribution in [-0.2, 0) is 6.42 Å². The van der Waals surface area contributed by atoms with Crippen LogP contribution in [0.15, 0.2) is 34.3 Å². The molecule has 6 nitrogen and oxygen atoms in total. The Balaban J connectivity index is 1.77. The van der Waals surface area contributed by atoms with E-state index in [1.807, 2.05) is 13.1 Å². The van der Waals surface area contributed by atoms with Crippen molar-refractivity contribution in [2.24, 2.45) is 21.8 Å². The van der Waals surface area contributed by atoms with Gasteiger partial charge in [0.15, 0.2) is 0 Å². The summed E-state index contributed by atoms with van der Waals surface area (Å²) in [5.41, 5.74) is 5.22. The van der Waals surface area contributed by atoms with Crippen LogP contribution in [0.5, 0.6) is 0 Å². The predicted octanol–water partition coefficient (Wildman–Crippen LogP) is 0.841. The van der Waals surface area contributed by atoms with Crippen molar-refractivity contribution in [3.8, 4) is 0 Å². The van der Waals surface area contributed by atoms with Gasteiger partial charge < -0.3 is 15.2 Å². The molecule has 0 aliphatic carbocycles. The fraction of sp³-hybridized carbons (Fsp3) is 0.391. The third kappa shape index (κ3) is 2.74. The SMILES string of the molecule is C=c1c(CC)c2[nH]c3ccccc3n2/c(=N/C(=NC)N2CC3CNCC3C2)c1=C. The minimum Gasteiger partial charge on any atom is -0.340 e. The molecule has 6 heteroatoms. The number of aromatic amines is 1. The molecule has 2 fully saturated rings. The van der Waals surface area contributed by atoms with Gasteiger partial charge in [0.05, 0.1) is 11.0 Å². The lowest BCUT2D eigenvalue weighted by atomic mass is 10.0. The molecule has 0 spiro atoms. The first kappa shape index (κ1) is 18.2. The zero-order valence-corrected chi connectivity index (χ0v) is 17.2. The maximum atomic E-state index is 5.07. The van der Waals surface area contributed by atoms with Gasteiger partial charge in [-0.3, -0.25) is 9.39 Å². The second kappa shape index (κ2) is 6.88. The van der Waals surface area contributed by atoms with Crippen LogP contribution in [0.1, 0.15) is 12.5 Å². The lowest BCUT2D eigenvalue weighted by Crippen LogP contribution is -2.45. The van der Waals surface area contributed by atoms with Gasteiger partial charge in [0.1, 0.15) is 11.1 Å². The lowest BCUT2D eigenvalue weighted by Gasteiger charge is -2.18. The van der Waals surface area contributed by atoms with Gasteiger partial charge in [0, 0.05) is 44.0 Å². The average molecular weight is 389 g/mol. The second-order valence-electron chi connectivity index (χ2n) is 8.16. The summed E-state index contributed by atoms with van der Waals surface area (Å²) in [7, 11) is 1.83. The number of H-pyrrole nitrogens is 1. The Kier molecular flexibility index (Phi) is 4.32. The van der Waals surface area contributed by atoms with Crippen molar-refractivity contribution in [3.63, 3.8) is 0 Å². The Hall–Kier alpha value is -2.86. The van der Waals surface area contributed by atoms with E-state index in [2.05, 4.69) is 62.9 Å². The van der Waals surface area contributed by atoms with Gasteiger partial charge in [0.2, 0.25) is 5.96 Å². The number of pyridine rings is 1. The van der Waals surface area contributed by atoms with Crippen LogP contribution in [0, 0.1) is 11.8 Å². The predicted molar refractivity (Wildman–Crippen MR) is 119 cm³/mol. The normalized spacial score (nSPS) is 22.9. The number of para-hydroxylation sites is 2. The number of nitrogens with zero attached hydrogens (tertiary/aromatic N) is 4. The summed E-state index contributed by atoms with van der Waals surface area (Å²) in [4.78, 5) is 15.5. The third-order valence-corrected chi connectivity index (χ3v) is 6.55. The first-order chi connectivity index (χ1) is 14.1. The first-order valence-electron chi connectivity index (χ1n) is 10.4. The van der Waals surface area contributed by atoms with Crippen molar-refractivity contribution < 1.29 is 0 Å². The number of imidazole rings is 1. The summed E-state index contributed by atoms with van der Waals surface area (Å²) in [6, 6.07) is 8.32. The molecular weight excluding hydrogens is 360 g/mol. The first-order valence-corrected chi connectivity index (χ1v) is 10.4. The molecule has 1 aromatic carbocycles. The van der Waals surface area contributed by atoms with Crippen LogP contribution in [0.3, 0.4) is 0 Å². The van der Waals surface area contributed by atoms with Crippen LogP contribution in [0.2, 0.25) is 0 Å². The summed E-state index contributed by atoms with van der Waals surface area (Å²) < 4.78 is 2.19. The Morgan fingerprint density at radius 1 is 1.14 bits per heavy atom. The van der Waals surface area contributed by atoms with E-state index in [1.165, 1.54) is 5.56 Å². The molecule has 150 valence electrons. The van der Waals surface area contributed by atoms with Gasteiger partial charge >= 0.3 is 0 Å². The average Bonchev–Trinajstić information content (AvgIpc) is 3.42. The van der Waals surface area contributed by atoms with Crippen LogP contribution >= 0.6 is 0 Å². The molecule has 0 bridgehead atoms. The van der Waals surface area contributed by atoms with Gasteiger partial charge in [0.25, 0.3) is 0 Å². The summed E-state index contributed by atoms with van der Waals surface area (Å²) in [6.07, 6.45) is 0.884. The standard InChI is InChI=1S/C23H28N6/c1-5-18-14(2)15(3)21(29-20-9-7-6-8-19(20)26-22(18)29)27-23(24-4)28-12-16-10-25-11-17(16)13-28/h6-9,16-17,25-26H,2-3,5,10-13H2,1,4H3/b24-23?,27-21+. The van der Waals surface area contributed by atoms with Gasteiger partial charge in [-0.15, -0.1) is 0 Å². The number of aromatic nitrogens is 2. The van der Waals surface area contributed by atoms with E-state index in [4.69, 9.17) is 4.99 Å². The smallest absolute Gasteiger partial charge is 0.222 e. The molecule has 2 saturated heterocycles. The molecule has 3 aromatic rings. The number of fused-ring (bicyclic) bond motifs is 4. The van der Waals surface area contributed by atoms with Crippen molar-refractivity contribution >= 4 is 35.8 Å². The highest BCUT2D eigenvalue weighted by molar-refractivity contribution is 5.83. The van der Waals surface area contributed by atoms with Crippen LogP contribution in [0.25, 0.3) is 29.8 Å². The minimum absolute atomic E-state index is 0.688. The molecule has 0 amide bonds. The number of aliphatic imine (C=N–C) groups is 1. The number of hydrogen-bond donors (Lipinski definition) is 2. The number of rotatable bonds is 1. The zero-order chi connectivity index (χ0) is 20.1. The molecule has 2 N–H and O–H groups in total.